The van der Waals surface area contributed by atoms with E-state index >= 15 is 0 Å². The Morgan fingerprint density at radius 2 is 2.00 bits per heavy atom. The van der Waals surface area contributed by atoms with Crippen LogP contribution in [0.3, 0.4) is 0 Å². The summed E-state index contributed by atoms with van der Waals surface area (Å²) in [6.07, 6.45) is 0.118. The van der Waals surface area contributed by atoms with Crippen molar-refractivity contribution in [1.82, 2.24) is 0 Å². The molecule has 0 fully saturated rings. The quantitative estimate of drug-likeness (QED) is 0.415. The van der Waals surface area contributed by atoms with Gasteiger partial charge in [-0.3, -0.25) is 10.1 Å². The van der Waals surface area contributed by atoms with Crippen LogP contribution in [0.5, 0.6) is 5.75 Å². The van der Waals surface area contributed by atoms with Crippen molar-refractivity contribution in [3.63, 3.8) is 0 Å². The lowest BCUT2D eigenvalue weighted by Crippen LogP contribution is -2.03. The normalized spacial score (nSPS) is 10.3. The van der Waals surface area contributed by atoms with E-state index in [0.717, 1.165) is 0 Å². The van der Waals surface area contributed by atoms with Gasteiger partial charge in [0, 0.05) is 6.07 Å². The van der Waals surface area contributed by atoms with Crippen LogP contribution in [-0.4, -0.2) is 24.5 Å². The largest absolute Gasteiger partial charge is 0.483 e. The van der Waals surface area contributed by atoms with Gasteiger partial charge < -0.3 is 13.8 Å². The number of nitro groups is 1. The Morgan fingerprint density at radius 3 is 2.50 bits per heavy atom. The van der Waals surface area contributed by atoms with Crippen LogP contribution >= 0.6 is 8.38 Å². The molecule has 0 aromatic heterocycles. The maximum atomic E-state index is 10.7. The molecule has 1 aromatic carbocycles. The molecule has 1 aromatic rings. The summed E-state index contributed by atoms with van der Waals surface area (Å²) >= 11 is 0. The maximum absolute atomic E-state index is 10.7. The Hall–Kier alpha value is -1.74. The summed E-state index contributed by atoms with van der Waals surface area (Å²) in [6, 6.07) is 5.77. The van der Waals surface area contributed by atoms with Crippen molar-refractivity contribution in [2.45, 2.75) is 13.8 Å². The van der Waals surface area contributed by atoms with E-state index in [4.69, 9.17) is 19.0 Å². The van der Waals surface area contributed by atoms with Crippen molar-refractivity contribution in [2.75, 3.05) is 19.6 Å². The average Bonchev–Trinajstić information content (AvgIpc) is 2.44. The fourth-order valence-electron chi connectivity index (χ4n) is 1.36. The molecular weight excluding hydrogens is 283 g/mol. The first-order chi connectivity index (χ1) is 9.62. The van der Waals surface area contributed by atoms with E-state index in [2.05, 4.69) is 0 Å². The van der Waals surface area contributed by atoms with Crippen LogP contribution in [0.4, 0.5) is 5.69 Å². The lowest BCUT2D eigenvalue weighted by atomic mass is 10.2. The average molecular weight is 298 g/mol. The zero-order valence-corrected chi connectivity index (χ0v) is 12.1. The topological polar surface area (TPSA) is 94.6 Å². The standard InChI is InChI=1S/C12H15N2O5P/c1-3-18-20(19-4-2)9-17-12-7-11(14(15)16)6-5-10(12)8-13/h5-7H,3-4,9H2,1-2H3. The summed E-state index contributed by atoms with van der Waals surface area (Å²) in [4.78, 5) is 10.2. The molecule has 7 nitrogen and oxygen atoms in total. The number of hydrogen-bond donors (Lipinski definition) is 0. The minimum Gasteiger partial charge on any atom is -0.483 e. The Kier molecular flexibility index (Phi) is 6.88. The number of non-ortho nitro benzene ring substituents is 1. The highest BCUT2D eigenvalue weighted by molar-refractivity contribution is 7.47. The fraction of sp³-hybridized carbons (Fsp3) is 0.417. The predicted octanol–water partition coefficient (Wildman–Crippen LogP) is 3.19. The van der Waals surface area contributed by atoms with E-state index in [1.807, 2.05) is 19.9 Å². The molecule has 0 radical (unpaired) electrons. The maximum Gasteiger partial charge on any atom is 0.273 e. The first-order valence-electron chi connectivity index (χ1n) is 5.97. The highest BCUT2D eigenvalue weighted by atomic mass is 31.2. The van der Waals surface area contributed by atoms with Crippen LogP contribution in [0.1, 0.15) is 19.4 Å². The van der Waals surface area contributed by atoms with Gasteiger partial charge in [-0.1, -0.05) is 0 Å². The van der Waals surface area contributed by atoms with Crippen molar-refractivity contribution in [1.29, 1.82) is 5.26 Å². The van der Waals surface area contributed by atoms with Gasteiger partial charge in [0.1, 0.15) is 11.8 Å². The van der Waals surface area contributed by atoms with E-state index < -0.39 is 13.3 Å². The molecule has 0 aliphatic rings. The number of nitrogens with zero attached hydrogens (tertiary/aromatic N) is 2. The van der Waals surface area contributed by atoms with Gasteiger partial charge in [-0.05, 0) is 19.9 Å². The predicted molar refractivity (Wildman–Crippen MR) is 73.5 cm³/mol. The van der Waals surface area contributed by atoms with E-state index in [1.54, 1.807) is 0 Å². The van der Waals surface area contributed by atoms with Crippen LogP contribution in [0.25, 0.3) is 0 Å². The minimum absolute atomic E-state index is 0.118. The lowest BCUT2D eigenvalue weighted by molar-refractivity contribution is -0.384. The second kappa shape index (κ2) is 8.43. The molecule has 0 aliphatic carbocycles. The van der Waals surface area contributed by atoms with Gasteiger partial charge in [-0.15, -0.1) is 0 Å². The van der Waals surface area contributed by atoms with Gasteiger partial charge in [0.2, 0.25) is 8.38 Å². The molecular formula is C12H15N2O5P. The number of ether oxygens (including phenoxy) is 1. The number of hydrogen-bond acceptors (Lipinski definition) is 6. The van der Waals surface area contributed by atoms with Crippen LogP contribution in [-0.2, 0) is 9.05 Å². The van der Waals surface area contributed by atoms with Crippen LogP contribution in [0, 0.1) is 21.4 Å². The summed E-state index contributed by atoms with van der Waals surface area (Å²) in [7, 11) is -1.23. The molecule has 0 heterocycles. The Morgan fingerprint density at radius 1 is 1.35 bits per heavy atom. The number of benzene rings is 1. The van der Waals surface area contributed by atoms with Gasteiger partial charge in [-0.25, -0.2) is 0 Å². The van der Waals surface area contributed by atoms with Crippen LogP contribution in [0.2, 0.25) is 0 Å². The van der Waals surface area contributed by atoms with E-state index in [1.165, 1.54) is 18.2 Å². The van der Waals surface area contributed by atoms with Crippen molar-refractivity contribution in [3.8, 4) is 11.8 Å². The Balaban J connectivity index is 2.81. The second-order valence-electron chi connectivity index (χ2n) is 3.49. The first-order valence-corrected chi connectivity index (χ1v) is 7.33. The molecule has 0 unspecified atom stereocenters. The van der Waals surface area contributed by atoms with E-state index in [9.17, 15) is 10.1 Å². The molecule has 0 N–H and O–H groups in total. The van der Waals surface area contributed by atoms with Gasteiger partial charge in [0.05, 0.1) is 29.8 Å². The third-order valence-corrected chi connectivity index (χ3v) is 3.60. The monoisotopic (exact) mass is 298 g/mol. The molecule has 0 spiro atoms. The molecule has 0 aliphatic heterocycles. The number of rotatable bonds is 8. The molecule has 1 rings (SSSR count). The number of nitriles is 1. The molecule has 0 amide bonds. The summed E-state index contributed by atoms with van der Waals surface area (Å²) in [5, 5.41) is 19.7. The highest BCUT2D eigenvalue weighted by Gasteiger charge is 2.15. The summed E-state index contributed by atoms with van der Waals surface area (Å²) in [5.74, 6) is 0.161. The SMILES string of the molecule is CCOP(COc1cc([N+](=O)[O-])ccc1C#N)OCC. The number of nitro benzene ring substituents is 1. The summed E-state index contributed by atoms with van der Waals surface area (Å²) in [6.45, 7) is 4.63. The molecule has 8 heteroatoms. The third kappa shape index (κ3) is 4.74. The van der Waals surface area contributed by atoms with E-state index in [0.29, 0.717) is 13.2 Å². The molecule has 0 saturated heterocycles. The second-order valence-corrected chi connectivity index (χ2v) is 4.93. The summed E-state index contributed by atoms with van der Waals surface area (Å²) in [5.41, 5.74) is 0.106. The van der Waals surface area contributed by atoms with Crippen LogP contribution < -0.4 is 4.74 Å². The van der Waals surface area contributed by atoms with Crippen molar-refractivity contribution >= 4 is 14.1 Å². The Labute approximate surface area is 118 Å². The van der Waals surface area contributed by atoms with Crippen molar-refractivity contribution in [3.05, 3.63) is 33.9 Å². The molecule has 20 heavy (non-hydrogen) atoms. The van der Waals surface area contributed by atoms with Gasteiger partial charge in [-0.2, -0.15) is 5.26 Å². The zero-order valence-electron chi connectivity index (χ0n) is 11.2. The molecule has 108 valence electrons. The molecule has 0 saturated carbocycles. The van der Waals surface area contributed by atoms with Gasteiger partial charge in [0.25, 0.3) is 5.69 Å². The van der Waals surface area contributed by atoms with Crippen molar-refractivity contribution < 1.29 is 18.7 Å². The van der Waals surface area contributed by atoms with Crippen molar-refractivity contribution in [2.24, 2.45) is 0 Å². The van der Waals surface area contributed by atoms with Crippen LogP contribution in [0.15, 0.2) is 18.2 Å². The van der Waals surface area contributed by atoms with E-state index in [-0.39, 0.29) is 23.3 Å². The first kappa shape index (κ1) is 16.3. The van der Waals surface area contributed by atoms with Gasteiger partial charge >= 0.3 is 0 Å². The molecule has 0 bridgehead atoms. The Bertz CT molecular complexity index is 497. The minimum atomic E-state index is -1.23. The third-order valence-electron chi connectivity index (χ3n) is 2.17. The highest BCUT2D eigenvalue weighted by Crippen LogP contribution is 2.38. The smallest absolute Gasteiger partial charge is 0.273 e. The lowest BCUT2D eigenvalue weighted by Gasteiger charge is -2.16. The van der Waals surface area contributed by atoms with Gasteiger partial charge in [0.15, 0.2) is 6.35 Å². The summed E-state index contributed by atoms with van der Waals surface area (Å²) < 4.78 is 16.2. The zero-order chi connectivity index (χ0) is 15.0. The fourth-order valence-corrected chi connectivity index (χ4v) is 2.40. The molecule has 0 atom stereocenters.